The van der Waals surface area contributed by atoms with Gasteiger partial charge in [0.15, 0.2) is 5.78 Å². The zero-order chi connectivity index (χ0) is 25.9. The van der Waals surface area contributed by atoms with Crippen LogP contribution in [-0.4, -0.2) is 22.7 Å². The molecule has 2 aromatic carbocycles. The van der Waals surface area contributed by atoms with Crippen molar-refractivity contribution < 1.29 is 40.4 Å². The van der Waals surface area contributed by atoms with Crippen molar-refractivity contribution >= 4 is 22.3 Å². The molecule has 5 rings (SSSR count). The van der Waals surface area contributed by atoms with Crippen LogP contribution in [0.25, 0.3) is 10.8 Å². The molecule has 0 spiro atoms. The molecule has 188 valence electrons. The van der Waals surface area contributed by atoms with E-state index in [1.54, 1.807) is 0 Å². The number of benzene rings is 2. The number of oxime groups is 1. The largest absolute Gasteiger partial charge is 0.435 e. The van der Waals surface area contributed by atoms with E-state index in [4.69, 9.17) is 4.84 Å². The van der Waals surface area contributed by atoms with Crippen molar-refractivity contribution in [3.8, 4) is 0 Å². The van der Waals surface area contributed by atoms with E-state index in [1.165, 1.54) is 30.6 Å². The number of aromatic nitrogens is 1. The minimum atomic E-state index is -5.21. The molecule has 1 aromatic heterocycles. The maximum atomic E-state index is 14.3. The maximum Gasteiger partial charge on any atom is 0.435 e. The summed E-state index contributed by atoms with van der Waals surface area (Å²) >= 11 is 0. The average Bonchev–Trinajstić information content (AvgIpc) is 3.50. The van der Waals surface area contributed by atoms with Gasteiger partial charge in [0.1, 0.15) is 5.82 Å². The summed E-state index contributed by atoms with van der Waals surface area (Å²) in [5, 5.41) is 4.45. The number of halogens is 7. The Morgan fingerprint density at radius 1 is 1.03 bits per heavy atom. The Kier molecular flexibility index (Phi) is 5.57. The van der Waals surface area contributed by atoms with Gasteiger partial charge in [0, 0.05) is 47.3 Å². The minimum Gasteiger partial charge on any atom is -0.374 e. The third kappa shape index (κ3) is 4.10. The van der Waals surface area contributed by atoms with Gasteiger partial charge in [-0.25, -0.2) is 4.39 Å². The van der Waals surface area contributed by atoms with Crippen molar-refractivity contribution in [2.75, 3.05) is 0 Å². The first-order valence-corrected chi connectivity index (χ1v) is 11.0. The van der Waals surface area contributed by atoms with Gasteiger partial charge in [0.05, 0.1) is 11.3 Å². The number of hydrogen-bond acceptors (Lipinski definition) is 4. The van der Waals surface area contributed by atoms with Gasteiger partial charge in [-0.3, -0.25) is 9.78 Å². The lowest BCUT2D eigenvalue weighted by molar-refractivity contribution is -0.276. The van der Waals surface area contributed by atoms with Crippen LogP contribution in [0.1, 0.15) is 52.7 Å². The number of Topliss-reactive ketones (excluding diaryl/α,β-unsaturated/α-hetero) is 1. The van der Waals surface area contributed by atoms with Gasteiger partial charge in [-0.2, -0.15) is 26.3 Å². The molecule has 1 aliphatic heterocycles. The summed E-state index contributed by atoms with van der Waals surface area (Å²) in [7, 11) is 0. The quantitative estimate of drug-likeness (QED) is 0.276. The van der Waals surface area contributed by atoms with E-state index in [1.807, 2.05) is 0 Å². The third-order valence-corrected chi connectivity index (χ3v) is 6.52. The van der Waals surface area contributed by atoms with Crippen LogP contribution in [0.3, 0.4) is 0 Å². The standard InChI is InChI=1S/C25H17F7N2O2/c26-20-6-3-14(10-19(20)24(27,28)29)23(25(30,31)32)11-21(34-36-23)16-4-5-17(22(35)9-13-1-2-13)18-12-33-8-7-15(16)18/h3-8,10,12-13H,1-2,9,11H2. The first-order chi connectivity index (χ1) is 16.9. The van der Waals surface area contributed by atoms with Gasteiger partial charge in [-0.15, -0.1) is 0 Å². The van der Waals surface area contributed by atoms with E-state index in [9.17, 15) is 35.5 Å². The summed E-state index contributed by atoms with van der Waals surface area (Å²) in [6, 6.07) is 5.49. The molecule has 2 heterocycles. The molecule has 4 nitrogen and oxygen atoms in total. The lowest BCUT2D eigenvalue weighted by atomic mass is 9.84. The van der Waals surface area contributed by atoms with E-state index in [2.05, 4.69) is 10.1 Å². The second kappa shape index (κ2) is 8.28. The van der Waals surface area contributed by atoms with Crippen molar-refractivity contribution in [1.82, 2.24) is 4.98 Å². The number of pyridine rings is 1. The highest BCUT2D eigenvalue weighted by Crippen LogP contribution is 2.50. The monoisotopic (exact) mass is 510 g/mol. The molecule has 0 N–H and O–H groups in total. The van der Waals surface area contributed by atoms with Crippen LogP contribution in [0.4, 0.5) is 30.7 Å². The second-order valence-corrected chi connectivity index (χ2v) is 8.98. The zero-order valence-corrected chi connectivity index (χ0v) is 18.4. The highest BCUT2D eigenvalue weighted by molar-refractivity contribution is 6.16. The Bertz CT molecular complexity index is 1390. The molecule has 36 heavy (non-hydrogen) atoms. The van der Waals surface area contributed by atoms with Crippen LogP contribution in [0, 0.1) is 11.7 Å². The molecule has 0 bridgehead atoms. The van der Waals surface area contributed by atoms with Crippen LogP contribution < -0.4 is 0 Å². The van der Waals surface area contributed by atoms with Gasteiger partial charge in [-0.05, 0) is 42.3 Å². The molecule has 1 unspecified atom stereocenters. The van der Waals surface area contributed by atoms with Crippen LogP contribution in [0.5, 0.6) is 0 Å². The predicted molar refractivity (Wildman–Crippen MR) is 115 cm³/mol. The van der Waals surface area contributed by atoms with Crippen molar-refractivity contribution in [3.05, 3.63) is 76.9 Å². The fourth-order valence-corrected chi connectivity index (χ4v) is 4.42. The topological polar surface area (TPSA) is 51.5 Å². The van der Waals surface area contributed by atoms with Crippen LogP contribution >= 0.6 is 0 Å². The van der Waals surface area contributed by atoms with Gasteiger partial charge >= 0.3 is 12.4 Å². The Hall–Kier alpha value is -3.50. The lowest BCUT2D eigenvalue weighted by Crippen LogP contribution is -2.43. The van der Waals surface area contributed by atoms with Gasteiger partial charge < -0.3 is 4.84 Å². The van der Waals surface area contributed by atoms with Gasteiger partial charge in [0.2, 0.25) is 0 Å². The Morgan fingerprint density at radius 3 is 2.44 bits per heavy atom. The molecule has 2 aliphatic rings. The third-order valence-electron chi connectivity index (χ3n) is 6.52. The second-order valence-electron chi connectivity index (χ2n) is 8.98. The Morgan fingerprint density at radius 2 is 1.78 bits per heavy atom. The maximum absolute atomic E-state index is 14.3. The molecular formula is C25H17F7N2O2. The summed E-state index contributed by atoms with van der Waals surface area (Å²) in [4.78, 5) is 21.6. The van der Waals surface area contributed by atoms with E-state index in [-0.39, 0.29) is 23.1 Å². The number of hydrogen-bond donors (Lipinski definition) is 0. The number of carbonyl (C=O) groups is 1. The molecule has 11 heteroatoms. The molecule has 0 radical (unpaired) electrons. The van der Waals surface area contributed by atoms with E-state index in [0.29, 0.717) is 40.8 Å². The lowest BCUT2D eigenvalue weighted by Gasteiger charge is -2.30. The molecular weight excluding hydrogens is 493 g/mol. The molecule has 1 atom stereocenters. The predicted octanol–water partition coefficient (Wildman–Crippen LogP) is 6.96. The van der Waals surface area contributed by atoms with Crippen molar-refractivity contribution in [1.29, 1.82) is 0 Å². The molecule has 0 amide bonds. The highest BCUT2D eigenvalue weighted by Gasteiger charge is 2.62. The fraction of sp³-hybridized carbons (Fsp3) is 0.320. The molecule has 3 aromatic rings. The highest BCUT2D eigenvalue weighted by atomic mass is 19.4. The first kappa shape index (κ1) is 24.2. The molecule has 1 saturated carbocycles. The summed E-state index contributed by atoms with van der Waals surface area (Å²) in [6.07, 6.45) is -6.22. The number of fused-ring (bicyclic) bond motifs is 1. The first-order valence-electron chi connectivity index (χ1n) is 11.0. The summed E-state index contributed by atoms with van der Waals surface area (Å²) < 4.78 is 96.3. The molecule has 1 aliphatic carbocycles. The number of alkyl halides is 6. The molecule has 1 fully saturated rings. The van der Waals surface area contributed by atoms with E-state index in [0.717, 1.165) is 12.8 Å². The van der Waals surface area contributed by atoms with Crippen molar-refractivity contribution in [2.24, 2.45) is 11.1 Å². The SMILES string of the molecule is O=C(CC1CC1)c1ccc(C2=NOC(c3ccc(F)c(C(F)(F)F)c3)(C(F)(F)F)C2)c2ccncc12. The fourth-order valence-electron chi connectivity index (χ4n) is 4.42. The van der Waals surface area contributed by atoms with E-state index >= 15 is 0 Å². The Labute approximate surface area is 199 Å². The Balaban J connectivity index is 1.56. The van der Waals surface area contributed by atoms with Crippen LogP contribution in [0.2, 0.25) is 0 Å². The van der Waals surface area contributed by atoms with Crippen molar-refractivity contribution in [2.45, 2.75) is 43.6 Å². The summed E-state index contributed by atoms with van der Waals surface area (Å²) in [5.74, 6) is -1.49. The van der Waals surface area contributed by atoms with Crippen LogP contribution in [0.15, 0.2) is 53.9 Å². The van der Waals surface area contributed by atoms with Gasteiger partial charge in [-0.1, -0.05) is 23.4 Å². The zero-order valence-electron chi connectivity index (χ0n) is 18.4. The number of rotatable bonds is 5. The molecule has 0 saturated heterocycles. The van der Waals surface area contributed by atoms with Crippen molar-refractivity contribution in [3.63, 3.8) is 0 Å². The van der Waals surface area contributed by atoms with E-state index < -0.39 is 41.3 Å². The smallest absolute Gasteiger partial charge is 0.374 e. The normalized spacial score (nSPS) is 20.4. The number of carbonyl (C=O) groups excluding carboxylic acids is 1. The minimum absolute atomic E-state index is 0.100. The number of nitrogens with zero attached hydrogens (tertiary/aromatic N) is 2. The number of ketones is 1. The van der Waals surface area contributed by atoms with Crippen LogP contribution in [-0.2, 0) is 16.6 Å². The average molecular weight is 510 g/mol. The van der Waals surface area contributed by atoms with Gasteiger partial charge in [0.25, 0.3) is 5.60 Å². The summed E-state index contributed by atoms with van der Waals surface area (Å²) in [6.45, 7) is 0. The summed E-state index contributed by atoms with van der Waals surface area (Å²) in [5.41, 5.74) is -5.60.